The minimum absolute atomic E-state index is 0.0599. The van der Waals surface area contributed by atoms with Crippen LogP contribution in [0.4, 0.5) is 0 Å². The van der Waals surface area contributed by atoms with Crippen LogP contribution >= 0.6 is 23.5 Å². The summed E-state index contributed by atoms with van der Waals surface area (Å²) >= 11 is 7.37. The van der Waals surface area contributed by atoms with Crippen LogP contribution < -0.4 is 10.0 Å². The van der Waals surface area contributed by atoms with E-state index in [1.807, 2.05) is 36.4 Å². The zero-order chi connectivity index (χ0) is 15.8. The van der Waals surface area contributed by atoms with Crippen LogP contribution in [0.1, 0.15) is 15.9 Å². The van der Waals surface area contributed by atoms with Crippen molar-refractivity contribution in [3.63, 3.8) is 0 Å². The molecule has 22 heavy (non-hydrogen) atoms. The number of nitrogens with one attached hydrogen (secondary N) is 2. The van der Waals surface area contributed by atoms with Gasteiger partial charge in [-0.2, -0.15) is 0 Å². The van der Waals surface area contributed by atoms with E-state index in [9.17, 15) is 4.79 Å². The quantitative estimate of drug-likeness (QED) is 0.680. The van der Waals surface area contributed by atoms with Gasteiger partial charge in [0.05, 0.1) is 6.61 Å². The fourth-order valence-corrected chi connectivity index (χ4v) is 2.55. The Kier molecular flexibility index (Phi) is 6.74. The Balaban J connectivity index is 1.81. The van der Waals surface area contributed by atoms with E-state index in [2.05, 4.69) is 10.0 Å². The van der Waals surface area contributed by atoms with Gasteiger partial charge >= 0.3 is 0 Å². The van der Waals surface area contributed by atoms with Gasteiger partial charge in [0.25, 0.3) is 5.91 Å². The van der Waals surface area contributed by atoms with Crippen LogP contribution in [0.15, 0.2) is 53.4 Å². The Labute approximate surface area is 139 Å². The summed E-state index contributed by atoms with van der Waals surface area (Å²) < 4.78 is 3.26. The monoisotopic (exact) mass is 336 g/mol. The highest BCUT2D eigenvalue weighted by Crippen LogP contribution is 2.18. The Hall–Kier alpha value is -1.53. The van der Waals surface area contributed by atoms with Gasteiger partial charge in [-0.05, 0) is 53.9 Å². The van der Waals surface area contributed by atoms with Crippen LogP contribution in [0.3, 0.4) is 0 Å². The average molecular weight is 337 g/mol. The summed E-state index contributed by atoms with van der Waals surface area (Å²) in [6.45, 7) is 0.890. The van der Waals surface area contributed by atoms with Crippen molar-refractivity contribution >= 4 is 29.5 Å². The second kappa shape index (κ2) is 8.80. The second-order valence-electron chi connectivity index (χ2n) is 4.55. The number of aliphatic hydroxyl groups is 1. The number of amides is 1. The molecule has 0 fully saturated rings. The van der Waals surface area contributed by atoms with Gasteiger partial charge in [-0.1, -0.05) is 23.7 Å². The topological polar surface area (TPSA) is 61.4 Å². The molecule has 0 radical (unpaired) electrons. The minimum atomic E-state index is -0.177. The fourth-order valence-electron chi connectivity index (χ4n) is 1.75. The highest BCUT2D eigenvalue weighted by Gasteiger charge is 2.04. The van der Waals surface area contributed by atoms with Gasteiger partial charge < -0.3 is 10.4 Å². The van der Waals surface area contributed by atoms with Gasteiger partial charge in [0.1, 0.15) is 0 Å². The maximum absolute atomic E-state index is 11.7. The molecule has 0 aromatic heterocycles. The first-order chi connectivity index (χ1) is 10.7. The molecule has 6 heteroatoms. The van der Waals surface area contributed by atoms with E-state index in [0.29, 0.717) is 12.1 Å². The first-order valence-electron chi connectivity index (χ1n) is 6.82. The third-order valence-corrected chi connectivity index (χ3v) is 3.94. The van der Waals surface area contributed by atoms with Crippen molar-refractivity contribution in [1.82, 2.24) is 10.0 Å². The van der Waals surface area contributed by atoms with Crippen LogP contribution in [-0.4, -0.2) is 24.2 Å². The minimum Gasteiger partial charge on any atom is -0.395 e. The van der Waals surface area contributed by atoms with Crippen molar-refractivity contribution in [3.05, 3.63) is 64.7 Å². The number of carbonyl (C=O) groups is 1. The van der Waals surface area contributed by atoms with Crippen LogP contribution in [-0.2, 0) is 6.54 Å². The summed E-state index contributed by atoms with van der Waals surface area (Å²) in [4.78, 5) is 12.8. The molecule has 2 aromatic rings. The van der Waals surface area contributed by atoms with E-state index >= 15 is 0 Å². The zero-order valence-electron chi connectivity index (χ0n) is 11.9. The van der Waals surface area contributed by atoms with Gasteiger partial charge in [-0.15, -0.1) is 0 Å². The van der Waals surface area contributed by atoms with E-state index in [1.54, 1.807) is 12.1 Å². The molecule has 2 aromatic carbocycles. The normalized spacial score (nSPS) is 10.5. The standard InChI is InChI=1S/C16H17ClN2O2S/c17-14-5-7-15(8-6-14)22-19-11-12-1-3-13(4-2-12)16(21)18-9-10-20/h1-8,19-20H,9-11H2,(H,18,21). The predicted molar refractivity (Wildman–Crippen MR) is 90.0 cm³/mol. The summed E-state index contributed by atoms with van der Waals surface area (Å²) in [7, 11) is 0. The van der Waals surface area contributed by atoms with Crippen molar-refractivity contribution in [2.75, 3.05) is 13.2 Å². The summed E-state index contributed by atoms with van der Waals surface area (Å²) in [5.74, 6) is -0.177. The molecule has 0 heterocycles. The molecule has 2 rings (SSSR count). The highest BCUT2D eigenvalue weighted by atomic mass is 35.5. The number of benzene rings is 2. The lowest BCUT2D eigenvalue weighted by Gasteiger charge is -2.06. The first-order valence-corrected chi connectivity index (χ1v) is 8.02. The van der Waals surface area contributed by atoms with Crippen molar-refractivity contribution in [1.29, 1.82) is 0 Å². The molecule has 0 saturated carbocycles. The van der Waals surface area contributed by atoms with Crippen LogP contribution in [0.2, 0.25) is 5.02 Å². The van der Waals surface area contributed by atoms with E-state index in [-0.39, 0.29) is 19.1 Å². The van der Waals surface area contributed by atoms with Crippen LogP contribution in [0, 0.1) is 0 Å². The number of hydrogen-bond acceptors (Lipinski definition) is 4. The first kappa shape index (κ1) is 16.8. The zero-order valence-corrected chi connectivity index (χ0v) is 13.5. The maximum atomic E-state index is 11.7. The Bertz CT molecular complexity index is 603. The lowest BCUT2D eigenvalue weighted by molar-refractivity contribution is 0.0945. The molecule has 0 bridgehead atoms. The Morgan fingerprint density at radius 2 is 1.77 bits per heavy atom. The number of hydrogen-bond donors (Lipinski definition) is 3. The lowest BCUT2D eigenvalue weighted by Crippen LogP contribution is -2.26. The molecule has 116 valence electrons. The molecule has 0 unspecified atom stereocenters. The summed E-state index contributed by atoms with van der Waals surface area (Å²) in [6.07, 6.45) is 0. The third-order valence-electron chi connectivity index (χ3n) is 2.89. The van der Waals surface area contributed by atoms with Gasteiger partial charge in [-0.3, -0.25) is 9.52 Å². The number of rotatable bonds is 7. The molecule has 0 atom stereocenters. The maximum Gasteiger partial charge on any atom is 0.251 e. The molecule has 0 aliphatic carbocycles. The van der Waals surface area contributed by atoms with Crippen LogP contribution in [0.25, 0.3) is 0 Å². The Morgan fingerprint density at radius 1 is 1.09 bits per heavy atom. The third kappa shape index (κ3) is 5.35. The van der Waals surface area contributed by atoms with Crippen molar-refractivity contribution in [2.24, 2.45) is 0 Å². The van der Waals surface area contributed by atoms with Gasteiger partial charge in [0.15, 0.2) is 0 Å². The van der Waals surface area contributed by atoms with Gasteiger partial charge in [0, 0.05) is 28.6 Å². The SMILES string of the molecule is O=C(NCCO)c1ccc(CNSc2ccc(Cl)cc2)cc1. The van der Waals surface area contributed by atoms with Gasteiger partial charge in [0.2, 0.25) is 0 Å². The Morgan fingerprint density at radius 3 is 2.41 bits per heavy atom. The van der Waals surface area contributed by atoms with Gasteiger partial charge in [-0.25, -0.2) is 0 Å². The van der Waals surface area contributed by atoms with Crippen LogP contribution in [0.5, 0.6) is 0 Å². The van der Waals surface area contributed by atoms with E-state index in [1.165, 1.54) is 11.9 Å². The lowest BCUT2D eigenvalue weighted by atomic mass is 10.1. The van der Waals surface area contributed by atoms with E-state index < -0.39 is 0 Å². The van der Waals surface area contributed by atoms with Crippen molar-refractivity contribution < 1.29 is 9.90 Å². The van der Waals surface area contributed by atoms with E-state index in [0.717, 1.165) is 15.5 Å². The fraction of sp³-hybridized carbons (Fsp3) is 0.188. The van der Waals surface area contributed by atoms with Crippen molar-refractivity contribution in [3.8, 4) is 0 Å². The van der Waals surface area contributed by atoms with Crippen molar-refractivity contribution in [2.45, 2.75) is 11.4 Å². The molecule has 1 amide bonds. The molecular weight excluding hydrogens is 320 g/mol. The average Bonchev–Trinajstić information content (AvgIpc) is 2.55. The highest BCUT2D eigenvalue weighted by molar-refractivity contribution is 7.97. The smallest absolute Gasteiger partial charge is 0.251 e. The molecule has 0 aliphatic heterocycles. The summed E-state index contributed by atoms with van der Waals surface area (Å²) in [6, 6.07) is 15.0. The second-order valence-corrected chi connectivity index (χ2v) is 5.95. The summed E-state index contributed by atoms with van der Waals surface area (Å²) in [5.41, 5.74) is 1.67. The molecule has 3 N–H and O–H groups in total. The molecule has 0 saturated heterocycles. The molecule has 4 nitrogen and oxygen atoms in total. The largest absolute Gasteiger partial charge is 0.395 e. The molecule has 0 spiro atoms. The molecule has 0 aliphatic rings. The number of halogens is 1. The summed E-state index contributed by atoms with van der Waals surface area (Å²) in [5, 5.41) is 12.0. The van der Waals surface area contributed by atoms with E-state index in [4.69, 9.17) is 16.7 Å². The molecular formula is C16H17ClN2O2S. The number of carbonyl (C=O) groups excluding carboxylic acids is 1. The predicted octanol–water partition coefficient (Wildman–Crippen LogP) is 2.86. The number of aliphatic hydroxyl groups excluding tert-OH is 1.